The van der Waals surface area contributed by atoms with E-state index >= 15 is 0 Å². The summed E-state index contributed by atoms with van der Waals surface area (Å²) >= 11 is 0. The van der Waals surface area contributed by atoms with Crippen molar-refractivity contribution in [3.05, 3.63) is 0 Å². The number of hydrogen-bond acceptors (Lipinski definition) is 2. The summed E-state index contributed by atoms with van der Waals surface area (Å²) in [5.74, 6) is 3.00. The lowest BCUT2D eigenvalue weighted by Crippen LogP contribution is -2.46. The molecule has 0 aromatic rings. The van der Waals surface area contributed by atoms with Gasteiger partial charge in [-0.2, -0.15) is 0 Å². The topological polar surface area (TPSA) is 30.9 Å². The third-order valence-electron chi connectivity index (χ3n) is 5.15. The van der Waals surface area contributed by atoms with Crippen LogP contribution in [0.4, 0.5) is 0 Å². The number of hydrogen-bond donors (Lipinski definition) is 1. The SMILES string of the molecule is CN=C(NCCN1CCC1)N1CC2CCCCC2C1. The van der Waals surface area contributed by atoms with Gasteiger partial charge in [-0.1, -0.05) is 12.8 Å². The first-order chi connectivity index (χ1) is 9.36. The summed E-state index contributed by atoms with van der Waals surface area (Å²) < 4.78 is 0. The third kappa shape index (κ3) is 3.04. The van der Waals surface area contributed by atoms with E-state index < -0.39 is 0 Å². The Labute approximate surface area is 117 Å². The van der Waals surface area contributed by atoms with E-state index in [0.717, 1.165) is 24.3 Å². The van der Waals surface area contributed by atoms with Crippen LogP contribution in [0.3, 0.4) is 0 Å². The predicted octanol–water partition coefficient (Wildman–Crippen LogP) is 1.39. The number of aliphatic imine (C=N–C) groups is 1. The quantitative estimate of drug-likeness (QED) is 0.617. The van der Waals surface area contributed by atoms with Gasteiger partial charge in [0.25, 0.3) is 0 Å². The summed E-state index contributed by atoms with van der Waals surface area (Å²) in [6.45, 7) is 7.24. The molecule has 0 amide bonds. The highest BCUT2D eigenvalue weighted by Gasteiger charge is 2.35. The van der Waals surface area contributed by atoms with Gasteiger partial charge in [-0.3, -0.25) is 4.99 Å². The molecule has 0 radical (unpaired) electrons. The van der Waals surface area contributed by atoms with E-state index in [9.17, 15) is 0 Å². The van der Waals surface area contributed by atoms with E-state index in [-0.39, 0.29) is 0 Å². The van der Waals surface area contributed by atoms with E-state index in [4.69, 9.17) is 0 Å². The highest BCUT2D eigenvalue weighted by molar-refractivity contribution is 5.80. The van der Waals surface area contributed by atoms with Crippen molar-refractivity contribution in [3.8, 4) is 0 Å². The number of nitrogens with zero attached hydrogens (tertiary/aromatic N) is 3. The lowest BCUT2D eigenvalue weighted by Gasteiger charge is -2.31. The fourth-order valence-electron chi connectivity index (χ4n) is 3.84. The highest BCUT2D eigenvalue weighted by Crippen LogP contribution is 2.35. The Bertz CT molecular complexity index is 310. The van der Waals surface area contributed by atoms with Gasteiger partial charge in [0.15, 0.2) is 5.96 Å². The van der Waals surface area contributed by atoms with Gasteiger partial charge in [0.05, 0.1) is 0 Å². The molecular formula is C15H28N4. The van der Waals surface area contributed by atoms with Gasteiger partial charge >= 0.3 is 0 Å². The Hall–Kier alpha value is -0.770. The van der Waals surface area contributed by atoms with Crippen molar-refractivity contribution < 1.29 is 0 Å². The van der Waals surface area contributed by atoms with Gasteiger partial charge in [-0.15, -0.1) is 0 Å². The normalized spacial score (nSPS) is 32.1. The molecule has 0 aromatic heterocycles. The molecule has 0 aromatic carbocycles. The molecule has 2 saturated heterocycles. The van der Waals surface area contributed by atoms with Crippen LogP contribution < -0.4 is 5.32 Å². The fraction of sp³-hybridized carbons (Fsp3) is 0.933. The summed E-state index contributed by atoms with van der Waals surface area (Å²) in [4.78, 5) is 9.48. The maximum atomic E-state index is 4.48. The van der Waals surface area contributed by atoms with Crippen LogP contribution in [0.15, 0.2) is 4.99 Å². The summed E-state index contributed by atoms with van der Waals surface area (Å²) in [5, 5.41) is 3.55. The van der Waals surface area contributed by atoms with E-state index in [1.54, 1.807) is 0 Å². The van der Waals surface area contributed by atoms with Gasteiger partial charge in [-0.25, -0.2) is 0 Å². The monoisotopic (exact) mass is 264 g/mol. The zero-order chi connectivity index (χ0) is 13.1. The molecule has 3 rings (SSSR count). The highest BCUT2D eigenvalue weighted by atomic mass is 15.3. The van der Waals surface area contributed by atoms with Crippen molar-refractivity contribution >= 4 is 5.96 Å². The first kappa shape index (κ1) is 13.2. The van der Waals surface area contributed by atoms with E-state index in [0.29, 0.717) is 0 Å². The first-order valence-electron chi connectivity index (χ1n) is 8.05. The molecule has 1 N–H and O–H groups in total. The lowest BCUT2D eigenvalue weighted by molar-refractivity contribution is 0.184. The van der Waals surface area contributed by atoms with E-state index in [1.807, 2.05) is 7.05 Å². The van der Waals surface area contributed by atoms with Gasteiger partial charge in [0.1, 0.15) is 0 Å². The molecule has 2 unspecified atom stereocenters. The molecule has 2 heterocycles. The Kier molecular flexibility index (Phi) is 4.26. The third-order valence-corrected chi connectivity index (χ3v) is 5.15. The number of nitrogens with one attached hydrogen (secondary N) is 1. The summed E-state index contributed by atoms with van der Waals surface area (Å²) in [5.41, 5.74) is 0. The van der Waals surface area contributed by atoms with Crippen molar-refractivity contribution in [3.63, 3.8) is 0 Å². The van der Waals surface area contributed by atoms with Crippen molar-refractivity contribution in [2.45, 2.75) is 32.1 Å². The molecule has 4 heteroatoms. The minimum absolute atomic E-state index is 0.933. The van der Waals surface area contributed by atoms with Crippen LogP contribution in [0, 0.1) is 11.8 Å². The van der Waals surface area contributed by atoms with Crippen LogP contribution in [-0.4, -0.2) is 62.1 Å². The van der Waals surface area contributed by atoms with Crippen molar-refractivity contribution in [1.29, 1.82) is 0 Å². The van der Waals surface area contributed by atoms with E-state index in [2.05, 4.69) is 20.1 Å². The maximum absolute atomic E-state index is 4.48. The molecule has 19 heavy (non-hydrogen) atoms. The average molecular weight is 264 g/mol. The Balaban J connectivity index is 1.45. The Morgan fingerprint density at radius 3 is 2.32 bits per heavy atom. The van der Waals surface area contributed by atoms with Crippen molar-refractivity contribution in [2.75, 3.05) is 46.3 Å². The minimum Gasteiger partial charge on any atom is -0.355 e. The fourth-order valence-corrected chi connectivity index (χ4v) is 3.84. The second-order valence-electron chi connectivity index (χ2n) is 6.38. The predicted molar refractivity (Wildman–Crippen MR) is 79.4 cm³/mol. The smallest absolute Gasteiger partial charge is 0.193 e. The van der Waals surface area contributed by atoms with Crippen LogP contribution in [0.2, 0.25) is 0 Å². The summed E-state index contributed by atoms with van der Waals surface area (Å²) in [6, 6.07) is 0. The van der Waals surface area contributed by atoms with Gasteiger partial charge in [0.2, 0.25) is 0 Å². The average Bonchev–Trinajstić information content (AvgIpc) is 2.80. The largest absolute Gasteiger partial charge is 0.355 e. The van der Waals surface area contributed by atoms with Crippen molar-refractivity contribution in [1.82, 2.24) is 15.1 Å². The molecular weight excluding hydrogens is 236 g/mol. The number of guanidine groups is 1. The molecule has 2 atom stereocenters. The lowest BCUT2D eigenvalue weighted by atomic mass is 9.82. The van der Waals surface area contributed by atoms with Crippen LogP contribution in [0.5, 0.6) is 0 Å². The molecule has 1 aliphatic carbocycles. The Morgan fingerprint density at radius 1 is 1.11 bits per heavy atom. The van der Waals surface area contributed by atoms with Gasteiger partial charge in [0, 0.05) is 33.2 Å². The zero-order valence-electron chi connectivity index (χ0n) is 12.3. The van der Waals surface area contributed by atoms with E-state index in [1.165, 1.54) is 64.8 Å². The second-order valence-corrected chi connectivity index (χ2v) is 6.38. The van der Waals surface area contributed by atoms with Crippen molar-refractivity contribution in [2.24, 2.45) is 16.8 Å². The molecule has 1 saturated carbocycles. The van der Waals surface area contributed by atoms with Crippen LogP contribution >= 0.6 is 0 Å². The number of rotatable bonds is 3. The summed E-state index contributed by atoms with van der Waals surface area (Å²) in [6.07, 6.45) is 7.13. The van der Waals surface area contributed by atoms with Gasteiger partial charge in [-0.05, 0) is 44.2 Å². The molecule has 3 fully saturated rings. The minimum atomic E-state index is 0.933. The van der Waals surface area contributed by atoms with Gasteiger partial charge < -0.3 is 15.1 Å². The summed E-state index contributed by atoms with van der Waals surface area (Å²) in [7, 11) is 1.92. The molecule has 4 nitrogen and oxygen atoms in total. The molecule has 0 spiro atoms. The first-order valence-corrected chi connectivity index (χ1v) is 8.05. The second kappa shape index (κ2) is 6.12. The maximum Gasteiger partial charge on any atom is 0.193 e. The Morgan fingerprint density at radius 2 is 1.79 bits per heavy atom. The molecule has 3 aliphatic rings. The number of fused-ring (bicyclic) bond motifs is 1. The van der Waals surface area contributed by atoms with Crippen LogP contribution in [0.25, 0.3) is 0 Å². The van der Waals surface area contributed by atoms with Crippen LogP contribution in [-0.2, 0) is 0 Å². The standard InChI is InChI=1S/C15H28N4/c1-16-15(17-7-10-18-8-4-9-18)19-11-13-5-2-3-6-14(13)12-19/h13-14H,2-12H2,1H3,(H,16,17). The van der Waals surface area contributed by atoms with Crippen LogP contribution in [0.1, 0.15) is 32.1 Å². The number of likely N-dealkylation sites (tertiary alicyclic amines) is 2. The molecule has 108 valence electrons. The molecule has 2 aliphatic heterocycles. The molecule has 0 bridgehead atoms. The zero-order valence-corrected chi connectivity index (χ0v) is 12.3.